The third kappa shape index (κ3) is 4.26. The number of aliphatic hydroxyl groups is 1. The van der Waals surface area contributed by atoms with Gasteiger partial charge in [0.2, 0.25) is 0 Å². The molecule has 7 rings (SSSR count). The number of benzene rings is 2. The van der Waals surface area contributed by atoms with Gasteiger partial charge in [-0.05, 0) is 66.4 Å². The lowest BCUT2D eigenvalue weighted by Gasteiger charge is -2.31. The summed E-state index contributed by atoms with van der Waals surface area (Å²) >= 11 is 0. The van der Waals surface area contributed by atoms with Gasteiger partial charge in [0.05, 0.1) is 28.8 Å². The molecule has 1 fully saturated rings. The van der Waals surface area contributed by atoms with Crippen molar-refractivity contribution in [3.05, 3.63) is 78.9 Å². The van der Waals surface area contributed by atoms with E-state index < -0.39 is 12.0 Å². The molecule has 4 heterocycles. The van der Waals surface area contributed by atoms with Gasteiger partial charge in [-0.3, -0.25) is 10.1 Å². The summed E-state index contributed by atoms with van der Waals surface area (Å²) < 4.78 is 14.0. The Kier molecular flexibility index (Phi) is 5.52. The molecule has 0 saturated heterocycles. The summed E-state index contributed by atoms with van der Waals surface area (Å²) in [6.45, 7) is 0. The Morgan fingerprint density at radius 1 is 0.974 bits per heavy atom. The molecule has 2 aromatic carbocycles. The fourth-order valence-electron chi connectivity index (χ4n) is 5.21. The van der Waals surface area contributed by atoms with E-state index >= 15 is 0 Å². The van der Waals surface area contributed by atoms with Crippen LogP contribution in [-0.4, -0.2) is 41.6 Å². The molecule has 6 aromatic rings. The van der Waals surface area contributed by atoms with E-state index in [2.05, 4.69) is 25.5 Å². The maximum absolute atomic E-state index is 14.0. The minimum absolute atomic E-state index is 0.126. The lowest BCUT2D eigenvalue weighted by molar-refractivity contribution is 0.0851. The topological polar surface area (TPSA) is 123 Å². The Balaban J connectivity index is 1.26. The van der Waals surface area contributed by atoms with Crippen molar-refractivity contribution in [3.8, 4) is 39.5 Å². The van der Waals surface area contributed by atoms with Crippen molar-refractivity contribution >= 4 is 27.6 Å². The average Bonchev–Trinajstić information content (AvgIpc) is 3.50. The fraction of sp³-hybridized carbons (Fsp3) is 0.167. The molecule has 4 aromatic heterocycles. The first kappa shape index (κ1) is 23.4. The van der Waals surface area contributed by atoms with Gasteiger partial charge < -0.3 is 20.5 Å². The van der Waals surface area contributed by atoms with Crippen LogP contribution in [0.2, 0.25) is 0 Å². The average molecular weight is 521 g/mol. The first-order chi connectivity index (χ1) is 19.0. The highest BCUT2D eigenvalue weighted by molar-refractivity contribution is 6.00. The van der Waals surface area contributed by atoms with Crippen LogP contribution in [0.25, 0.3) is 55.7 Å². The van der Waals surface area contributed by atoms with Crippen LogP contribution in [-0.2, 0) is 0 Å². The van der Waals surface area contributed by atoms with Crippen molar-refractivity contribution in [3.63, 3.8) is 0 Å². The SMILES string of the molecule is Oc1cc(F)cc(-c2cccc3[nH]c(-c4n[nH]c5ccc(-c6cncc(NC(O)C7CCC7)c6)nc45)cc23)c1. The maximum atomic E-state index is 14.0. The van der Waals surface area contributed by atoms with Gasteiger partial charge in [-0.2, -0.15) is 5.10 Å². The van der Waals surface area contributed by atoms with Crippen LogP contribution in [0.4, 0.5) is 10.1 Å². The van der Waals surface area contributed by atoms with E-state index in [-0.39, 0.29) is 11.7 Å². The van der Waals surface area contributed by atoms with Crippen LogP contribution in [0.5, 0.6) is 5.75 Å². The molecule has 9 heteroatoms. The molecule has 0 bridgehead atoms. The number of fused-ring (bicyclic) bond motifs is 2. The zero-order valence-corrected chi connectivity index (χ0v) is 20.8. The number of nitrogens with zero attached hydrogens (tertiary/aromatic N) is 3. The standard InChI is InChI=1S/C30H25FN6O2/c31-19-9-17(11-21(38)12-19)22-5-2-6-25-23(22)13-27(34-25)29-28-26(36-37-29)8-7-24(35-28)18-10-20(15-32-14-18)33-30(39)16-3-1-4-16/h2,5-16,30,33-34,38-39H,1,3-4H2,(H,36,37). The Morgan fingerprint density at radius 3 is 2.69 bits per heavy atom. The second-order valence-electron chi connectivity index (χ2n) is 10.1. The number of aromatic amines is 2. The molecule has 5 N–H and O–H groups in total. The zero-order valence-electron chi connectivity index (χ0n) is 20.8. The van der Waals surface area contributed by atoms with Gasteiger partial charge in [0.15, 0.2) is 0 Å². The zero-order chi connectivity index (χ0) is 26.5. The number of phenolic OH excluding ortho intramolecular Hbond substituents is 1. The number of halogens is 1. The Hall–Kier alpha value is -4.76. The summed E-state index contributed by atoms with van der Waals surface area (Å²) in [6, 6.07) is 17.5. The third-order valence-corrected chi connectivity index (χ3v) is 7.47. The van der Waals surface area contributed by atoms with Gasteiger partial charge in [-0.15, -0.1) is 0 Å². The summed E-state index contributed by atoms with van der Waals surface area (Å²) in [6.07, 6.45) is 6.08. The molecule has 0 spiro atoms. The van der Waals surface area contributed by atoms with E-state index in [0.717, 1.165) is 70.0 Å². The van der Waals surface area contributed by atoms with Gasteiger partial charge in [0.25, 0.3) is 0 Å². The second-order valence-corrected chi connectivity index (χ2v) is 10.1. The molecule has 0 aliphatic heterocycles. The number of aromatic hydroxyl groups is 1. The smallest absolute Gasteiger partial charge is 0.135 e. The van der Waals surface area contributed by atoms with Crippen LogP contribution < -0.4 is 5.32 Å². The number of nitrogens with one attached hydrogen (secondary N) is 3. The fourth-order valence-corrected chi connectivity index (χ4v) is 5.21. The molecule has 0 amide bonds. The highest BCUT2D eigenvalue weighted by Crippen LogP contribution is 2.36. The minimum atomic E-state index is -0.588. The van der Waals surface area contributed by atoms with E-state index in [9.17, 15) is 14.6 Å². The first-order valence-electron chi connectivity index (χ1n) is 12.9. The maximum Gasteiger partial charge on any atom is 0.135 e. The molecule has 1 atom stereocenters. The third-order valence-electron chi connectivity index (χ3n) is 7.47. The highest BCUT2D eigenvalue weighted by Gasteiger charge is 2.25. The number of hydrogen-bond acceptors (Lipinski definition) is 6. The molecule has 1 saturated carbocycles. The molecular weight excluding hydrogens is 495 g/mol. The van der Waals surface area contributed by atoms with Crippen molar-refractivity contribution in [2.45, 2.75) is 25.5 Å². The minimum Gasteiger partial charge on any atom is -0.508 e. The number of pyridine rings is 2. The van der Waals surface area contributed by atoms with Crippen molar-refractivity contribution in [1.82, 2.24) is 25.1 Å². The summed E-state index contributed by atoms with van der Waals surface area (Å²) in [4.78, 5) is 12.7. The van der Waals surface area contributed by atoms with Crippen LogP contribution in [0.1, 0.15) is 19.3 Å². The van der Waals surface area contributed by atoms with Gasteiger partial charge in [-0.1, -0.05) is 18.6 Å². The molecule has 1 unspecified atom stereocenters. The molecular formula is C30H25FN6O2. The Labute approximate surface area is 222 Å². The van der Waals surface area contributed by atoms with Gasteiger partial charge >= 0.3 is 0 Å². The molecule has 194 valence electrons. The van der Waals surface area contributed by atoms with Crippen LogP contribution >= 0.6 is 0 Å². The number of phenols is 1. The second kappa shape index (κ2) is 9.21. The molecule has 8 nitrogen and oxygen atoms in total. The van der Waals surface area contributed by atoms with Gasteiger partial charge in [-0.25, -0.2) is 9.37 Å². The lowest BCUT2D eigenvalue weighted by Crippen LogP contribution is -2.33. The summed E-state index contributed by atoms with van der Waals surface area (Å²) in [5, 5.41) is 32.0. The Morgan fingerprint density at radius 2 is 1.87 bits per heavy atom. The van der Waals surface area contributed by atoms with E-state index in [1.54, 1.807) is 18.5 Å². The van der Waals surface area contributed by atoms with Crippen LogP contribution in [0.3, 0.4) is 0 Å². The molecule has 0 radical (unpaired) electrons. The van der Waals surface area contributed by atoms with Crippen molar-refractivity contribution in [2.75, 3.05) is 5.32 Å². The largest absolute Gasteiger partial charge is 0.508 e. The summed E-state index contributed by atoms with van der Waals surface area (Å²) in [5.74, 6) is -0.349. The molecule has 1 aliphatic rings. The van der Waals surface area contributed by atoms with Crippen LogP contribution in [0, 0.1) is 11.7 Å². The number of H-pyrrole nitrogens is 2. The number of hydrogen-bond donors (Lipinski definition) is 5. The Bertz CT molecular complexity index is 1820. The monoisotopic (exact) mass is 520 g/mol. The van der Waals surface area contributed by atoms with Crippen molar-refractivity contribution in [1.29, 1.82) is 0 Å². The number of aromatic nitrogens is 5. The van der Waals surface area contributed by atoms with Gasteiger partial charge in [0.1, 0.15) is 29.0 Å². The van der Waals surface area contributed by atoms with E-state index in [4.69, 9.17) is 4.98 Å². The lowest BCUT2D eigenvalue weighted by atomic mass is 9.84. The summed E-state index contributed by atoms with van der Waals surface area (Å²) in [5.41, 5.74) is 7.40. The highest BCUT2D eigenvalue weighted by atomic mass is 19.1. The van der Waals surface area contributed by atoms with Crippen molar-refractivity contribution < 1.29 is 14.6 Å². The quantitative estimate of drug-likeness (QED) is 0.166. The number of rotatable bonds is 6. The van der Waals surface area contributed by atoms with E-state index in [0.29, 0.717) is 16.8 Å². The van der Waals surface area contributed by atoms with E-state index in [1.807, 2.05) is 42.5 Å². The summed E-state index contributed by atoms with van der Waals surface area (Å²) in [7, 11) is 0. The van der Waals surface area contributed by atoms with Crippen molar-refractivity contribution in [2.24, 2.45) is 5.92 Å². The van der Waals surface area contributed by atoms with Gasteiger partial charge in [0, 0.05) is 34.6 Å². The number of anilines is 1. The van der Waals surface area contributed by atoms with Crippen LogP contribution in [0.15, 0.2) is 73.1 Å². The first-order valence-corrected chi connectivity index (χ1v) is 12.9. The molecule has 39 heavy (non-hydrogen) atoms. The normalized spacial score (nSPS) is 14.5. The molecule has 1 aliphatic carbocycles. The van der Waals surface area contributed by atoms with E-state index in [1.165, 1.54) is 6.07 Å². The predicted octanol–water partition coefficient (Wildman–Crippen LogP) is 6.21. The number of aliphatic hydroxyl groups excluding tert-OH is 1. The predicted molar refractivity (Wildman–Crippen MR) is 148 cm³/mol.